The zero-order chi connectivity index (χ0) is 14.4. The van der Waals surface area contributed by atoms with Gasteiger partial charge in [-0.25, -0.2) is 0 Å². The van der Waals surface area contributed by atoms with Crippen LogP contribution in [-0.2, 0) is 4.74 Å². The van der Waals surface area contributed by atoms with Crippen molar-refractivity contribution in [2.45, 2.75) is 45.8 Å². The summed E-state index contributed by atoms with van der Waals surface area (Å²) in [6.07, 6.45) is 2.66. The Morgan fingerprint density at radius 1 is 1.55 bits per heavy atom. The molecule has 2 atom stereocenters. The normalized spacial score (nSPS) is 22.6. The fourth-order valence-electron chi connectivity index (χ4n) is 2.60. The number of nitrogens with zero attached hydrogens (tertiary/aromatic N) is 2. The van der Waals surface area contributed by atoms with Crippen LogP contribution in [0.15, 0.2) is 10.6 Å². The molecule has 1 aromatic rings. The second kappa shape index (κ2) is 7.76. The van der Waals surface area contributed by atoms with Gasteiger partial charge in [-0.15, -0.1) is 0 Å². The predicted molar refractivity (Wildman–Crippen MR) is 78.7 cm³/mol. The van der Waals surface area contributed by atoms with Crippen LogP contribution in [0.4, 0.5) is 0 Å². The van der Waals surface area contributed by atoms with Crippen molar-refractivity contribution in [1.82, 2.24) is 15.4 Å². The first-order valence-electron chi connectivity index (χ1n) is 7.65. The minimum absolute atomic E-state index is 0.249. The summed E-state index contributed by atoms with van der Waals surface area (Å²) in [6, 6.07) is 2.24. The highest BCUT2D eigenvalue weighted by molar-refractivity contribution is 5.07. The number of rotatable bonds is 6. The minimum Gasteiger partial charge on any atom is -0.377 e. The Labute approximate surface area is 121 Å². The van der Waals surface area contributed by atoms with E-state index in [1.165, 1.54) is 0 Å². The van der Waals surface area contributed by atoms with Crippen molar-refractivity contribution in [2.24, 2.45) is 0 Å². The molecule has 1 saturated heterocycles. The van der Waals surface area contributed by atoms with Gasteiger partial charge in [0.05, 0.1) is 12.1 Å². The largest absolute Gasteiger partial charge is 0.377 e. The fourth-order valence-corrected chi connectivity index (χ4v) is 2.60. The van der Waals surface area contributed by atoms with Gasteiger partial charge in [0, 0.05) is 25.8 Å². The second-order valence-electron chi connectivity index (χ2n) is 5.73. The Bertz CT molecular complexity index is 394. The summed E-state index contributed by atoms with van der Waals surface area (Å²) in [5, 5.41) is 7.54. The van der Waals surface area contributed by atoms with Crippen molar-refractivity contribution < 1.29 is 9.26 Å². The molecule has 1 N–H and O–H groups in total. The maximum Gasteiger partial charge on any atom is 0.133 e. The summed E-state index contributed by atoms with van der Waals surface area (Å²) in [4.78, 5) is 2.50. The zero-order valence-corrected chi connectivity index (χ0v) is 12.9. The molecule has 0 radical (unpaired) electrons. The van der Waals surface area contributed by atoms with E-state index in [9.17, 15) is 0 Å². The highest BCUT2D eigenvalue weighted by atomic mass is 16.5. The van der Waals surface area contributed by atoms with Crippen LogP contribution in [0.2, 0.25) is 0 Å². The summed E-state index contributed by atoms with van der Waals surface area (Å²) in [5.74, 6) is 0.868. The van der Waals surface area contributed by atoms with Crippen molar-refractivity contribution in [2.75, 3.05) is 32.8 Å². The Morgan fingerprint density at radius 2 is 2.40 bits per heavy atom. The zero-order valence-electron chi connectivity index (χ0n) is 12.9. The van der Waals surface area contributed by atoms with Gasteiger partial charge in [0.1, 0.15) is 11.5 Å². The van der Waals surface area contributed by atoms with E-state index in [-0.39, 0.29) is 6.04 Å². The SMILES string of the molecule is Cc1cc(C(C)NCCCN2CCCOC(C)C2)no1. The van der Waals surface area contributed by atoms with Gasteiger partial charge in [-0.2, -0.15) is 0 Å². The van der Waals surface area contributed by atoms with Gasteiger partial charge in [-0.05, 0) is 46.7 Å². The van der Waals surface area contributed by atoms with Crippen molar-refractivity contribution >= 4 is 0 Å². The van der Waals surface area contributed by atoms with E-state index in [1.807, 2.05) is 13.0 Å². The third kappa shape index (κ3) is 4.89. The molecule has 0 bridgehead atoms. The Morgan fingerprint density at radius 3 is 3.15 bits per heavy atom. The van der Waals surface area contributed by atoms with Crippen LogP contribution in [0.3, 0.4) is 0 Å². The first kappa shape index (κ1) is 15.5. The van der Waals surface area contributed by atoms with Crippen LogP contribution >= 0.6 is 0 Å². The molecule has 0 aromatic carbocycles. The molecule has 20 heavy (non-hydrogen) atoms. The lowest BCUT2D eigenvalue weighted by Gasteiger charge is -2.22. The molecule has 1 fully saturated rings. The molecular formula is C15H27N3O2. The van der Waals surface area contributed by atoms with E-state index in [0.717, 1.165) is 57.1 Å². The van der Waals surface area contributed by atoms with Crippen molar-refractivity contribution in [3.05, 3.63) is 17.5 Å². The van der Waals surface area contributed by atoms with Crippen molar-refractivity contribution in [3.8, 4) is 0 Å². The molecule has 0 saturated carbocycles. The van der Waals surface area contributed by atoms with Crippen LogP contribution in [0.1, 0.15) is 44.2 Å². The van der Waals surface area contributed by atoms with E-state index < -0.39 is 0 Å². The van der Waals surface area contributed by atoms with E-state index in [2.05, 4.69) is 29.2 Å². The maximum atomic E-state index is 5.66. The molecule has 1 aromatic heterocycles. The molecule has 0 aliphatic carbocycles. The molecule has 1 aliphatic rings. The summed E-state index contributed by atoms with van der Waals surface area (Å²) in [6.45, 7) is 11.4. The van der Waals surface area contributed by atoms with Gasteiger partial charge >= 0.3 is 0 Å². The fraction of sp³-hybridized carbons (Fsp3) is 0.800. The van der Waals surface area contributed by atoms with Crippen LogP contribution in [0, 0.1) is 6.92 Å². The Balaban J connectivity index is 1.63. The third-order valence-electron chi connectivity index (χ3n) is 3.73. The van der Waals surface area contributed by atoms with E-state index in [0.29, 0.717) is 6.10 Å². The molecule has 0 amide bonds. The van der Waals surface area contributed by atoms with Crippen molar-refractivity contribution in [1.29, 1.82) is 0 Å². The summed E-state index contributed by atoms with van der Waals surface area (Å²) in [7, 11) is 0. The van der Waals surface area contributed by atoms with Crippen LogP contribution in [0.5, 0.6) is 0 Å². The lowest BCUT2D eigenvalue weighted by Crippen LogP contribution is -2.33. The topological polar surface area (TPSA) is 50.5 Å². The monoisotopic (exact) mass is 281 g/mol. The van der Waals surface area contributed by atoms with Gasteiger partial charge in [0.25, 0.3) is 0 Å². The third-order valence-corrected chi connectivity index (χ3v) is 3.73. The number of hydrogen-bond donors (Lipinski definition) is 1. The van der Waals surface area contributed by atoms with Gasteiger partial charge in [-0.3, -0.25) is 0 Å². The van der Waals surface area contributed by atoms with Crippen LogP contribution in [0.25, 0.3) is 0 Å². The van der Waals surface area contributed by atoms with Crippen LogP contribution < -0.4 is 5.32 Å². The number of aryl methyl sites for hydroxylation is 1. The highest BCUT2D eigenvalue weighted by Gasteiger charge is 2.14. The number of ether oxygens (including phenoxy) is 1. The minimum atomic E-state index is 0.249. The van der Waals surface area contributed by atoms with Crippen molar-refractivity contribution in [3.63, 3.8) is 0 Å². The molecule has 5 heteroatoms. The molecule has 2 unspecified atom stereocenters. The second-order valence-corrected chi connectivity index (χ2v) is 5.73. The van der Waals surface area contributed by atoms with Gasteiger partial charge in [0.15, 0.2) is 0 Å². The van der Waals surface area contributed by atoms with Crippen LogP contribution in [-0.4, -0.2) is 48.9 Å². The quantitative estimate of drug-likeness (QED) is 0.810. The first-order chi connectivity index (χ1) is 9.65. The molecule has 5 nitrogen and oxygen atoms in total. The van der Waals surface area contributed by atoms with E-state index in [1.54, 1.807) is 0 Å². The summed E-state index contributed by atoms with van der Waals surface area (Å²) >= 11 is 0. The molecule has 2 rings (SSSR count). The first-order valence-corrected chi connectivity index (χ1v) is 7.65. The maximum absolute atomic E-state index is 5.66. The average Bonchev–Trinajstić information content (AvgIpc) is 2.74. The average molecular weight is 281 g/mol. The molecule has 1 aliphatic heterocycles. The number of nitrogens with one attached hydrogen (secondary N) is 1. The Hall–Kier alpha value is -0.910. The van der Waals surface area contributed by atoms with Gasteiger partial charge < -0.3 is 19.5 Å². The molecule has 0 spiro atoms. The van der Waals surface area contributed by atoms with Gasteiger partial charge in [-0.1, -0.05) is 5.16 Å². The molecule has 2 heterocycles. The summed E-state index contributed by atoms with van der Waals surface area (Å²) < 4.78 is 10.8. The molecule has 114 valence electrons. The highest BCUT2D eigenvalue weighted by Crippen LogP contribution is 2.12. The van der Waals surface area contributed by atoms with Gasteiger partial charge in [0.2, 0.25) is 0 Å². The van der Waals surface area contributed by atoms with E-state index in [4.69, 9.17) is 9.26 Å². The van der Waals surface area contributed by atoms with E-state index >= 15 is 0 Å². The Kier molecular flexibility index (Phi) is 6.01. The predicted octanol–water partition coefficient (Wildman–Crippen LogP) is 2.13. The standard InChI is InChI=1S/C15H27N3O2/c1-12-10-15(17-20-12)14(3)16-6-4-7-18-8-5-9-19-13(2)11-18/h10,13-14,16H,4-9,11H2,1-3H3. The lowest BCUT2D eigenvalue weighted by molar-refractivity contribution is 0.0676. The number of hydrogen-bond acceptors (Lipinski definition) is 5. The molecular weight excluding hydrogens is 254 g/mol. The smallest absolute Gasteiger partial charge is 0.133 e. The summed E-state index contributed by atoms with van der Waals surface area (Å²) in [5.41, 5.74) is 0.985. The number of aromatic nitrogens is 1. The lowest BCUT2D eigenvalue weighted by atomic mass is 10.2.